The maximum absolute atomic E-state index is 5.85. The van der Waals surface area contributed by atoms with Gasteiger partial charge in [-0.15, -0.1) is 0 Å². The van der Waals surface area contributed by atoms with E-state index in [4.69, 9.17) is 11.6 Å². The molecule has 1 aromatic carbocycles. The lowest BCUT2D eigenvalue weighted by molar-refractivity contribution is 0.430. The van der Waals surface area contributed by atoms with Crippen molar-refractivity contribution in [1.29, 1.82) is 0 Å². The Kier molecular flexibility index (Phi) is 5.01. The molecular formula is C13H18ClNS. The zero-order valence-corrected chi connectivity index (χ0v) is 11.0. The van der Waals surface area contributed by atoms with E-state index in [1.807, 2.05) is 23.9 Å². The summed E-state index contributed by atoms with van der Waals surface area (Å²) in [6.07, 6.45) is 4.07. The standard InChI is InChI=1S/C13H18ClNS/c14-12-6-4-11(5-7-12)9-16-10-13-3-1-2-8-15-13/h4-7,13,15H,1-3,8-10H2. The number of rotatable bonds is 4. The van der Waals surface area contributed by atoms with Crippen molar-refractivity contribution >= 4 is 23.4 Å². The van der Waals surface area contributed by atoms with E-state index in [0.29, 0.717) is 0 Å². The number of hydrogen-bond donors (Lipinski definition) is 1. The van der Waals surface area contributed by atoms with Crippen molar-refractivity contribution in [2.24, 2.45) is 0 Å². The van der Waals surface area contributed by atoms with E-state index in [0.717, 1.165) is 16.8 Å². The lowest BCUT2D eigenvalue weighted by Gasteiger charge is -2.22. The van der Waals surface area contributed by atoms with E-state index < -0.39 is 0 Å². The molecule has 2 rings (SSSR count). The molecule has 16 heavy (non-hydrogen) atoms. The van der Waals surface area contributed by atoms with Crippen molar-refractivity contribution in [3.63, 3.8) is 0 Å². The molecule has 1 atom stereocenters. The second-order valence-electron chi connectivity index (χ2n) is 4.29. The summed E-state index contributed by atoms with van der Waals surface area (Å²) in [5.74, 6) is 2.32. The van der Waals surface area contributed by atoms with Gasteiger partial charge in [0.2, 0.25) is 0 Å². The van der Waals surface area contributed by atoms with Crippen molar-refractivity contribution in [3.8, 4) is 0 Å². The Bertz CT molecular complexity index is 306. The van der Waals surface area contributed by atoms with Crippen LogP contribution in [0.5, 0.6) is 0 Å². The summed E-state index contributed by atoms with van der Waals surface area (Å²) in [5.41, 5.74) is 1.37. The van der Waals surface area contributed by atoms with Gasteiger partial charge in [0, 0.05) is 22.6 Å². The average Bonchev–Trinajstić information content (AvgIpc) is 2.33. The third-order valence-corrected chi connectivity index (χ3v) is 4.34. The number of halogens is 1. The Morgan fingerprint density at radius 3 is 2.75 bits per heavy atom. The van der Waals surface area contributed by atoms with Gasteiger partial charge in [-0.25, -0.2) is 0 Å². The van der Waals surface area contributed by atoms with Gasteiger partial charge in [-0.2, -0.15) is 11.8 Å². The Morgan fingerprint density at radius 1 is 1.25 bits per heavy atom. The molecule has 1 N–H and O–H groups in total. The van der Waals surface area contributed by atoms with Gasteiger partial charge in [0.05, 0.1) is 0 Å². The van der Waals surface area contributed by atoms with Crippen LogP contribution in [0.15, 0.2) is 24.3 Å². The fraction of sp³-hybridized carbons (Fsp3) is 0.538. The van der Waals surface area contributed by atoms with Crippen LogP contribution in [0.2, 0.25) is 5.02 Å². The minimum atomic E-state index is 0.728. The third-order valence-electron chi connectivity index (χ3n) is 2.91. The smallest absolute Gasteiger partial charge is 0.0406 e. The quantitative estimate of drug-likeness (QED) is 0.880. The molecule has 0 amide bonds. The summed E-state index contributed by atoms with van der Waals surface area (Å²) in [6, 6.07) is 8.89. The highest BCUT2D eigenvalue weighted by Crippen LogP contribution is 2.18. The SMILES string of the molecule is Clc1ccc(CSCC2CCCCN2)cc1. The molecule has 3 heteroatoms. The molecule has 0 spiro atoms. The first-order valence-corrected chi connectivity index (χ1v) is 7.43. The number of benzene rings is 1. The topological polar surface area (TPSA) is 12.0 Å². The van der Waals surface area contributed by atoms with Crippen molar-refractivity contribution in [2.75, 3.05) is 12.3 Å². The maximum atomic E-state index is 5.85. The van der Waals surface area contributed by atoms with Gasteiger partial charge in [0.15, 0.2) is 0 Å². The van der Waals surface area contributed by atoms with Gasteiger partial charge >= 0.3 is 0 Å². The van der Waals surface area contributed by atoms with Gasteiger partial charge in [-0.05, 0) is 37.1 Å². The molecule has 0 bridgehead atoms. The molecule has 88 valence electrons. The fourth-order valence-electron chi connectivity index (χ4n) is 1.97. The largest absolute Gasteiger partial charge is 0.313 e. The van der Waals surface area contributed by atoms with Crippen LogP contribution in [0, 0.1) is 0 Å². The van der Waals surface area contributed by atoms with Crippen molar-refractivity contribution in [1.82, 2.24) is 5.32 Å². The lowest BCUT2D eigenvalue weighted by atomic mass is 10.1. The molecule has 0 saturated carbocycles. The van der Waals surface area contributed by atoms with Crippen molar-refractivity contribution in [2.45, 2.75) is 31.1 Å². The molecule has 1 saturated heterocycles. The first kappa shape index (κ1) is 12.3. The van der Waals surface area contributed by atoms with Gasteiger partial charge < -0.3 is 5.32 Å². The maximum Gasteiger partial charge on any atom is 0.0406 e. The molecule has 0 aliphatic carbocycles. The van der Waals surface area contributed by atoms with E-state index in [9.17, 15) is 0 Å². The molecule has 0 radical (unpaired) electrons. The molecule has 1 heterocycles. The predicted octanol–water partition coefficient (Wildman–Crippen LogP) is 3.72. The predicted molar refractivity (Wildman–Crippen MR) is 73.3 cm³/mol. The van der Waals surface area contributed by atoms with Crippen LogP contribution in [-0.4, -0.2) is 18.3 Å². The molecule has 1 aliphatic rings. The van der Waals surface area contributed by atoms with Crippen LogP contribution >= 0.6 is 23.4 Å². The molecule has 1 aromatic rings. The summed E-state index contributed by atoms with van der Waals surface area (Å²) in [5, 5.41) is 4.39. The van der Waals surface area contributed by atoms with Crippen LogP contribution in [-0.2, 0) is 5.75 Å². The highest BCUT2D eigenvalue weighted by Gasteiger charge is 2.11. The Balaban J connectivity index is 1.69. The van der Waals surface area contributed by atoms with Crippen LogP contribution in [0.1, 0.15) is 24.8 Å². The molecule has 1 nitrogen and oxygen atoms in total. The van der Waals surface area contributed by atoms with E-state index in [1.165, 1.54) is 37.1 Å². The first-order chi connectivity index (χ1) is 7.84. The third kappa shape index (κ3) is 4.00. The molecule has 1 unspecified atom stereocenters. The van der Waals surface area contributed by atoms with Gasteiger partial charge in [-0.1, -0.05) is 30.2 Å². The molecule has 1 aliphatic heterocycles. The zero-order chi connectivity index (χ0) is 11.2. The van der Waals surface area contributed by atoms with Gasteiger partial charge in [0.1, 0.15) is 0 Å². The second kappa shape index (κ2) is 6.53. The first-order valence-electron chi connectivity index (χ1n) is 5.90. The summed E-state index contributed by atoms with van der Waals surface area (Å²) in [7, 11) is 0. The molecular weight excluding hydrogens is 238 g/mol. The number of nitrogens with one attached hydrogen (secondary N) is 1. The van der Waals surface area contributed by atoms with E-state index >= 15 is 0 Å². The Labute approximate surface area is 107 Å². The highest BCUT2D eigenvalue weighted by atomic mass is 35.5. The van der Waals surface area contributed by atoms with E-state index in [2.05, 4.69) is 17.4 Å². The second-order valence-corrected chi connectivity index (χ2v) is 5.76. The van der Waals surface area contributed by atoms with Gasteiger partial charge in [0.25, 0.3) is 0 Å². The van der Waals surface area contributed by atoms with E-state index in [1.54, 1.807) is 0 Å². The van der Waals surface area contributed by atoms with Crippen LogP contribution in [0.4, 0.5) is 0 Å². The van der Waals surface area contributed by atoms with Crippen LogP contribution in [0.25, 0.3) is 0 Å². The van der Waals surface area contributed by atoms with Crippen molar-refractivity contribution in [3.05, 3.63) is 34.9 Å². The number of thioether (sulfide) groups is 1. The van der Waals surface area contributed by atoms with Gasteiger partial charge in [-0.3, -0.25) is 0 Å². The highest BCUT2D eigenvalue weighted by molar-refractivity contribution is 7.98. The average molecular weight is 256 g/mol. The van der Waals surface area contributed by atoms with E-state index in [-0.39, 0.29) is 0 Å². The minimum Gasteiger partial charge on any atom is -0.313 e. The Hall–Kier alpha value is -0.180. The summed E-state index contributed by atoms with van der Waals surface area (Å²) in [6.45, 7) is 1.20. The summed E-state index contributed by atoms with van der Waals surface area (Å²) >= 11 is 7.86. The monoisotopic (exact) mass is 255 g/mol. The van der Waals surface area contributed by atoms with Crippen LogP contribution < -0.4 is 5.32 Å². The normalized spacial score (nSPS) is 20.9. The van der Waals surface area contributed by atoms with Crippen molar-refractivity contribution < 1.29 is 0 Å². The molecule has 0 aromatic heterocycles. The Morgan fingerprint density at radius 2 is 2.06 bits per heavy atom. The lowest BCUT2D eigenvalue weighted by Crippen LogP contribution is -2.35. The summed E-state index contributed by atoms with van der Waals surface area (Å²) in [4.78, 5) is 0. The summed E-state index contributed by atoms with van der Waals surface area (Å²) < 4.78 is 0. The fourth-order valence-corrected chi connectivity index (χ4v) is 3.21. The number of piperidine rings is 1. The number of hydrogen-bond acceptors (Lipinski definition) is 2. The minimum absolute atomic E-state index is 0.728. The molecule has 1 fully saturated rings. The van der Waals surface area contributed by atoms with Crippen LogP contribution in [0.3, 0.4) is 0 Å². The zero-order valence-electron chi connectivity index (χ0n) is 9.42.